The fourth-order valence-corrected chi connectivity index (χ4v) is 0.903. The molecule has 0 bridgehead atoms. The van der Waals surface area contributed by atoms with Crippen LogP contribution in [0, 0.1) is 0 Å². The van der Waals surface area contributed by atoms with Crippen LogP contribution in [0.3, 0.4) is 0 Å². The van der Waals surface area contributed by atoms with Crippen LogP contribution in [0.15, 0.2) is 0 Å². The first-order valence-corrected chi connectivity index (χ1v) is 3.74. The monoisotopic (exact) mass is 241 g/mol. The molecule has 0 aromatic carbocycles. The van der Waals surface area contributed by atoms with Gasteiger partial charge in [0, 0.05) is 0 Å². The zero-order valence-electron chi connectivity index (χ0n) is 7.68. The van der Waals surface area contributed by atoms with Gasteiger partial charge in [-0.3, -0.25) is 4.79 Å². The van der Waals surface area contributed by atoms with E-state index in [1.807, 2.05) is 0 Å². The maximum absolute atomic E-state index is 10.7. The zero-order valence-corrected chi connectivity index (χ0v) is 7.68. The maximum Gasteiger partial charge on any atom is 0.336 e. The molecule has 94 valence electrons. The first-order chi connectivity index (χ1) is 6.95. The predicted octanol–water partition coefficient (Wildman–Crippen LogP) is -5.36. The molecular formula is C6H11NO9. The van der Waals surface area contributed by atoms with E-state index < -0.39 is 35.7 Å². The lowest BCUT2D eigenvalue weighted by Crippen LogP contribution is -2.69. The van der Waals surface area contributed by atoms with Crippen LogP contribution in [0.1, 0.15) is 0 Å². The Labute approximate surface area is 87.8 Å². The number of carbonyl (C=O) groups is 2. The lowest BCUT2D eigenvalue weighted by atomic mass is 9.87. The number of nitrogens with two attached hydrogens (primary N) is 1. The number of carboxylic acids is 1. The van der Waals surface area contributed by atoms with Gasteiger partial charge in [0.15, 0.2) is 12.2 Å². The first kappa shape index (κ1) is 14.7. The van der Waals surface area contributed by atoms with E-state index in [9.17, 15) is 14.7 Å². The van der Waals surface area contributed by atoms with E-state index in [-0.39, 0.29) is 0 Å². The molecule has 0 heterocycles. The smallest absolute Gasteiger partial charge is 0.336 e. The zero-order chi connectivity index (χ0) is 13.3. The van der Waals surface area contributed by atoms with Crippen LogP contribution in [-0.2, 0) is 9.59 Å². The van der Waals surface area contributed by atoms with E-state index in [0.717, 1.165) is 0 Å². The molecule has 0 rings (SSSR count). The van der Waals surface area contributed by atoms with E-state index in [0.29, 0.717) is 0 Å². The van der Waals surface area contributed by atoms with Crippen LogP contribution < -0.4 is 5.73 Å². The normalized spacial score (nSPS) is 19.6. The molecule has 0 aliphatic heterocycles. The second kappa shape index (κ2) is 4.29. The van der Waals surface area contributed by atoms with Gasteiger partial charge in [0.2, 0.25) is 5.60 Å². The Kier molecular flexibility index (Phi) is 3.94. The summed E-state index contributed by atoms with van der Waals surface area (Å²) in [7, 11) is 0. The summed E-state index contributed by atoms with van der Waals surface area (Å²) < 4.78 is 0. The van der Waals surface area contributed by atoms with Crippen molar-refractivity contribution in [2.24, 2.45) is 5.73 Å². The minimum Gasteiger partial charge on any atom is -0.479 e. The molecule has 0 aromatic heterocycles. The fraction of sp³-hybridized carbons (Fsp3) is 0.667. The van der Waals surface area contributed by atoms with Crippen molar-refractivity contribution in [1.82, 2.24) is 0 Å². The quantitative estimate of drug-likeness (QED) is 0.216. The summed E-state index contributed by atoms with van der Waals surface area (Å²) in [6.07, 6.45) is -6.12. The summed E-state index contributed by atoms with van der Waals surface area (Å²) in [6.45, 7) is 0. The molecule has 0 aliphatic carbocycles. The topological polar surface area (TPSA) is 202 Å². The Balaban J connectivity index is 5.45. The van der Waals surface area contributed by atoms with Gasteiger partial charge >= 0.3 is 11.9 Å². The van der Waals surface area contributed by atoms with E-state index in [2.05, 4.69) is 5.73 Å². The Morgan fingerprint density at radius 2 is 1.44 bits per heavy atom. The molecule has 0 saturated carbocycles. The van der Waals surface area contributed by atoms with Crippen LogP contribution in [-0.4, -0.2) is 71.4 Å². The van der Waals surface area contributed by atoms with Crippen molar-refractivity contribution < 1.29 is 45.3 Å². The molecule has 0 fully saturated rings. The Bertz CT molecular complexity index is 297. The third kappa shape index (κ3) is 2.44. The second-order valence-electron chi connectivity index (χ2n) is 3.02. The molecule has 3 atom stereocenters. The summed E-state index contributed by atoms with van der Waals surface area (Å²) in [4.78, 5) is 21.0. The molecule has 10 heteroatoms. The van der Waals surface area contributed by atoms with E-state index in [1.54, 1.807) is 0 Å². The van der Waals surface area contributed by atoms with Gasteiger partial charge in [0.1, 0.15) is 0 Å². The second-order valence-corrected chi connectivity index (χ2v) is 3.02. The van der Waals surface area contributed by atoms with Crippen LogP contribution >= 0.6 is 0 Å². The van der Waals surface area contributed by atoms with Crippen molar-refractivity contribution >= 4 is 11.9 Å². The SMILES string of the molecule is NC(=O)C(O)(C(O)C(=O)O)C(O)C(O)(O)O. The fourth-order valence-electron chi connectivity index (χ4n) is 0.903. The first-order valence-electron chi connectivity index (χ1n) is 3.74. The van der Waals surface area contributed by atoms with Crippen molar-refractivity contribution in [3.63, 3.8) is 0 Å². The van der Waals surface area contributed by atoms with E-state index in [1.165, 1.54) is 0 Å². The van der Waals surface area contributed by atoms with Crippen LogP contribution in [0.25, 0.3) is 0 Å². The summed E-state index contributed by atoms with van der Waals surface area (Å²) in [5.74, 6) is -8.18. The van der Waals surface area contributed by atoms with Crippen molar-refractivity contribution in [2.45, 2.75) is 23.8 Å². The van der Waals surface area contributed by atoms with Crippen molar-refractivity contribution in [3.05, 3.63) is 0 Å². The number of primary amides is 1. The van der Waals surface area contributed by atoms with Crippen molar-refractivity contribution in [3.8, 4) is 0 Å². The van der Waals surface area contributed by atoms with Gasteiger partial charge in [-0.15, -0.1) is 0 Å². The lowest BCUT2D eigenvalue weighted by molar-refractivity contribution is -0.379. The predicted molar refractivity (Wildman–Crippen MR) is 43.2 cm³/mol. The Morgan fingerprint density at radius 3 is 1.62 bits per heavy atom. The van der Waals surface area contributed by atoms with Crippen molar-refractivity contribution in [2.75, 3.05) is 0 Å². The van der Waals surface area contributed by atoms with E-state index in [4.69, 9.17) is 30.6 Å². The molecule has 0 saturated heterocycles. The van der Waals surface area contributed by atoms with Gasteiger partial charge in [0.05, 0.1) is 0 Å². The summed E-state index contributed by atoms with van der Waals surface area (Å²) in [5, 5.41) is 61.0. The van der Waals surface area contributed by atoms with Crippen LogP contribution in [0.5, 0.6) is 0 Å². The molecular weight excluding hydrogens is 230 g/mol. The molecule has 10 nitrogen and oxygen atoms in total. The number of amides is 1. The number of aliphatic hydroxyl groups is 6. The highest BCUT2D eigenvalue weighted by atomic mass is 16.7. The highest BCUT2D eigenvalue weighted by molar-refractivity contribution is 5.91. The molecule has 9 N–H and O–H groups in total. The van der Waals surface area contributed by atoms with E-state index >= 15 is 0 Å². The number of hydrogen-bond donors (Lipinski definition) is 8. The summed E-state index contributed by atoms with van der Waals surface area (Å²) in [6, 6.07) is 0. The number of aliphatic hydroxyl groups excluding tert-OH is 2. The van der Waals surface area contributed by atoms with Gasteiger partial charge in [-0.2, -0.15) is 0 Å². The minimum atomic E-state index is -4.03. The third-order valence-corrected chi connectivity index (χ3v) is 1.83. The standard InChI is InChI=1S/C6H11NO9/c7-4(12)5(13,1(8)2(9)10)3(11)6(14,15)16/h1,3,8,11,13-16H,(H2,7,12)(H,9,10). The highest BCUT2D eigenvalue weighted by Gasteiger charge is 2.59. The lowest BCUT2D eigenvalue weighted by Gasteiger charge is -2.35. The molecule has 0 aliphatic rings. The highest BCUT2D eigenvalue weighted by Crippen LogP contribution is 2.22. The molecule has 3 unspecified atom stereocenters. The van der Waals surface area contributed by atoms with Gasteiger partial charge in [-0.1, -0.05) is 0 Å². The molecule has 0 spiro atoms. The van der Waals surface area contributed by atoms with Gasteiger partial charge in [-0.05, 0) is 0 Å². The van der Waals surface area contributed by atoms with Crippen molar-refractivity contribution in [1.29, 1.82) is 0 Å². The number of aliphatic carboxylic acids is 1. The molecule has 1 amide bonds. The summed E-state index contributed by atoms with van der Waals surface area (Å²) >= 11 is 0. The Hall–Kier alpha value is -1.30. The minimum absolute atomic E-state index is 1.98. The number of carboxylic acid groups (broad SMARTS) is 1. The van der Waals surface area contributed by atoms with Crippen LogP contribution in [0.4, 0.5) is 0 Å². The maximum atomic E-state index is 10.7. The van der Waals surface area contributed by atoms with Gasteiger partial charge < -0.3 is 41.5 Å². The molecule has 0 radical (unpaired) electrons. The van der Waals surface area contributed by atoms with Gasteiger partial charge in [-0.25, -0.2) is 4.79 Å². The average Bonchev–Trinajstić information content (AvgIpc) is 2.12. The Morgan fingerprint density at radius 1 is 1.06 bits per heavy atom. The summed E-state index contributed by atoms with van der Waals surface area (Å²) in [5.41, 5.74) is 0.825. The molecule has 0 aromatic rings. The third-order valence-electron chi connectivity index (χ3n) is 1.83. The molecule has 16 heavy (non-hydrogen) atoms. The number of hydrogen-bond acceptors (Lipinski definition) is 8. The van der Waals surface area contributed by atoms with Gasteiger partial charge in [0.25, 0.3) is 5.91 Å². The number of carbonyl (C=O) groups excluding carboxylic acids is 1. The largest absolute Gasteiger partial charge is 0.479 e. The average molecular weight is 241 g/mol. The number of rotatable bonds is 5. The van der Waals surface area contributed by atoms with Crippen LogP contribution in [0.2, 0.25) is 0 Å².